The van der Waals surface area contributed by atoms with Gasteiger partial charge in [-0.15, -0.1) is 0 Å². The highest BCUT2D eigenvalue weighted by atomic mass is 16.7. The van der Waals surface area contributed by atoms with E-state index in [4.69, 9.17) is 9.47 Å². The first-order valence-corrected chi connectivity index (χ1v) is 5.79. The van der Waals surface area contributed by atoms with Crippen LogP contribution >= 0.6 is 0 Å². The molecule has 0 saturated carbocycles. The molecule has 1 atom stereocenters. The van der Waals surface area contributed by atoms with E-state index in [-0.39, 0.29) is 0 Å². The predicted octanol–water partition coefficient (Wildman–Crippen LogP) is 3.18. The minimum absolute atomic E-state index is 0.366. The molecule has 0 aliphatic heterocycles. The van der Waals surface area contributed by atoms with E-state index < -0.39 is 12.3 Å². The fraction of sp³-hybridized carbons (Fsp3) is 0.267. The van der Waals surface area contributed by atoms with Gasteiger partial charge in [0, 0.05) is 5.57 Å². The number of hydrogen-bond donors (Lipinski definition) is 0. The third-order valence-electron chi connectivity index (χ3n) is 2.16. The van der Waals surface area contributed by atoms with E-state index in [0.717, 1.165) is 5.56 Å². The number of ether oxygens (including phenoxy) is 2. The van der Waals surface area contributed by atoms with E-state index in [1.165, 1.54) is 0 Å². The van der Waals surface area contributed by atoms with Gasteiger partial charge in [0.05, 0.1) is 6.61 Å². The molecule has 0 saturated heterocycles. The standard InChI is InChI=1S/C15H18O3/c1-12(2)15(16)18-13(3)17-11-7-10-14-8-5-4-6-9-14/h4-10,13H,1,11H2,2-3H3. The van der Waals surface area contributed by atoms with Crippen LogP contribution in [-0.4, -0.2) is 18.9 Å². The quantitative estimate of drug-likeness (QED) is 0.439. The maximum absolute atomic E-state index is 11.2. The van der Waals surface area contributed by atoms with Crippen LogP contribution in [0.15, 0.2) is 48.6 Å². The van der Waals surface area contributed by atoms with Crippen LogP contribution in [0.1, 0.15) is 19.4 Å². The lowest BCUT2D eigenvalue weighted by Gasteiger charge is -2.12. The van der Waals surface area contributed by atoms with Gasteiger partial charge in [-0.2, -0.15) is 0 Å². The summed E-state index contributed by atoms with van der Waals surface area (Å²) < 4.78 is 10.3. The van der Waals surface area contributed by atoms with Crippen LogP contribution in [0.2, 0.25) is 0 Å². The topological polar surface area (TPSA) is 35.5 Å². The second-order valence-electron chi connectivity index (χ2n) is 3.90. The van der Waals surface area contributed by atoms with Crippen LogP contribution in [-0.2, 0) is 14.3 Å². The molecule has 96 valence electrons. The lowest BCUT2D eigenvalue weighted by atomic mass is 10.2. The molecule has 0 heterocycles. The van der Waals surface area contributed by atoms with Gasteiger partial charge >= 0.3 is 5.97 Å². The molecule has 0 aromatic heterocycles. The second kappa shape index (κ2) is 7.45. The van der Waals surface area contributed by atoms with E-state index in [1.807, 2.05) is 42.5 Å². The summed E-state index contributed by atoms with van der Waals surface area (Å²) in [6.07, 6.45) is 3.25. The number of rotatable bonds is 6. The molecule has 1 unspecified atom stereocenters. The van der Waals surface area contributed by atoms with Gasteiger partial charge in [0.25, 0.3) is 0 Å². The third-order valence-corrected chi connectivity index (χ3v) is 2.16. The predicted molar refractivity (Wildman–Crippen MR) is 71.8 cm³/mol. The van der Waals surface area contributed by atoms with Crippen molar-refractivity contribution in [3.05, 3.63) is 54.1 Å². The Hall–Kier alpha value is -1.87. The Labute approximate surface area is 108 Å². The summed E-state index contributed by atoms with van der Waals surface area (Å²) in [5.41, 5.74) is 1.47. The molecule has 3 nitrogen and oxygen atoms in total. The van der Waals surface area contributed by atoms with Gasteiger partial charge in [-0.05, 0) is 19.4 Å². The number of benzene rings is 1. The Morgan fingerprint density at radius 1 is 1.39 bits per heavy atom. The smallest absolute Gasteiger partial charge is 0.335 e. The molecule has 1 aromatic rings. The fourth-order valence-corrected chi connectivity index (χ4v) is 1.22. The largest absolute Gasteiger partial charge is 0.433 e. The van der Waals surface area contributed by atoms with Gasteiger partial charge in [-0.3, -0.25) is 0 Å². The second-order valence-corrected chi connectivity index (χ2v) is 3.90. The first-order chi connectivity index (χ1) is 8.59. The molecule has 0 fully saturated rings. The van der Waals surface area contributed by atoms with Crippen molar-refractivity contribution in [2.75, 3.05) is 6.61 Å². The van der Waals surface area contributed by atoms with Crippen molar-refractivity contribution in [3.8, 4) is 0 Å². The summed E-state index contributed by atoms with van der Waals surface area (Å²) in [5.74, 6) is -0.436. The molecule has 0 radical (unpaired) electrons. The molecule has 0 N–H and O–H groups in total. The van der Waals surface area contributed by atoms with E-state index in [2.05, 4.69) is 6.58 Å². The molecule has 0 spiro atoms. The zero-order chi connectivity index (χ0) is 13.4. The third kappa shape index (κ3) is 5.46. The van der Waals surface area contributed by atoms with Crippen LogP contribution in [0, 0.1) is 0 Å². The van der Waals surface area contributed by atoms with Crippen molar-refractivity contribution in [1.29, 1.82) is 0 Å². The molecule has 0 bridgehead atoms. The van der Waals surface area contributed by atoms with Crippen molar-refractivity contribution >= 4 is 12.0 Å². The maximum atomic E-state index is 11.2. The van der Waals surface area contributed by atoms with Crippen molar-refractivity contribution in [1.82, 2.24) is 0 Å². The molecule has 0 aliphatic rings. The van der Waals surface area contributed by atoms with Crippen molar-refractivity contribution < 1.29 is 14.3 Å². The summed E-state index contributed by atoms with van der Waals surface area (Å²) in [7, 11) is 0. The molecular weight excluding hydrogens is 228 g/mol. The van der Waals surface area contributed by atoms with Crippen LogP contribution in [0.3, 0.4) is 0 Å². The Balaban J connectivity index is 2.27. The maximum Gasteiger partial charge on any atom is 0.335 e. The van der Waals surface area contributed by atoms with Gasteiger partial charge in [0.15, 0.2) is 0 Å². The Bertz CT molecular complexity index is 421. The van der Waals surface area contributed by atoms with E-state index in [1.54, 1.807) is 13.8 Å². The molecule has 0 amide bonds. The highest BCUT2D eigenvalue weighted by Crippen LogP contribution is 2.03. The Morgan fingerprint density at radius 3 is 2.67 bits per heavy atom. The number of carbonyl (C=O) groups is 1. The van der Waals surface area contributed by atoms with Crippen molar-refractivity contribution in [3.63, 3.8) is 0 Å². The lowest BCUT2D eigenvalue weighted by Crippen LogP contribution is -2.18. The van der Waals surface area contributed by atoms with Gasteiger partial charge in [0.2, 0.25) is 6.29 Å². The van der Waals surface area contributed by atoms with Crippen molar-refractivity contribution in [2.45, 2.75) is 20.1 Å². The molecule has 3 heteroatoms. The average Bonchev–Trinajstić information content (AvgIpc) is 2.35. The fourth-order valence-electron chi connectivity index (χ4n) is 1.22. The monoisotopic (exact) mass is 246 g/mol. The van der Waals surface area contributed by atoms with Gasteiger partial charge in [-0.25, -0.2) is 4.79 Å². The van der Waals surface area contributed by atoms with Crippen molar-refractivity contribution in [2.24, 2.45) is 0 Å². The zero-order valence-electron chi connectivity index (χ0n) is 10.8. The molecule has 0 aliphatic carbocycles. The summed E-state index contributed by atoms with van der Waals surface area (Å²) in [6.45, 7) is 7.17. The molecule has 1 aromatic carbocycles. The molecule has 1 rings (SSSR count). The average molecular weight is 246 g/mol. The zero-order valence-corrected chi connectivity index (χ0v) is 10.8. The highest BCUT2D eigenvalue weighted by molar-refractivity contribution is 5.86. The summed E-state index contributed by atoms with van der Waals surface area (Å²) >= 11 is 0. The Morgan fingerprint density at radius 2 is 2.06 bits per heavy atom. The number of hydrogen-bond acceptors (Lipinski definition) is 3. The number of carbonyl (C=O) groups excluding carboxylic acids is 1. The normalized spacial score (nSPS) is 12.3. The lowest BCUT2D eigenvalue weighted by molar-refractivity contribution is -0.167. The number of esters is 1. The summed E-state index contributed by atoms with van der Waals surface area (Å²) in [5, 5.41) is 0. The molecular formula is C15H18O3. The molecule has 18 heavy (non-hydrogen) atoms. The minimum Gasteiger partial charge on any atom is -0.433 e. The van der Waals surface area contributed by atoms with E-state index in [9.17, 15) is 4.79 Å². The minimum atomic E-state index is -0.574. The van der Waals surface area contributed by atoms with E-state index in [0.29, 0.717) is 12.2 Å². The van der Waals surface area contributed by atoms with Gasteiger partial charge in [0.1, 0.15) is 0 Å². The van der Waals surface area contributed by atoms with Crippen LogP contribution in [0.4, 0.5) is 0 Å². The first kappa shape index (κ1) is 14.2. The van der Waals surface area contributed by atoms with Crippen LogP contribution in [0.25, 0.3) is 6.08 Å². The van der Waals surface area contributed by atoms with Gasteiger partial charge in [-0.1, -0.05) is 49.1 Å². The van der Waals surface area contributed by atoms with Crippen LogP contribution < -0.4 is 0 Å². The SMILES string of the molecule is C=C(C)C(=O)OC(C)OCC=Cc1ccccc1. The highest BCUT2D eigenvalue weighted by Gasteiger charge is 2.08. The van der Waals surface area contributed by atoms with Gasteiger partial charge < -0.3 is 9.47 Å². The van der Waals surface area contributed by atoms with E-state index >= 15 is 0 Å². The first-order valence-electron chi connectivity index (χ1n) is 5.79. The van der Waals surface area contributed by atoms with Crippen LogP contribution in [0.5, 0.6) is 0 Å². The summed E-state index contributed by atoms with van der Waals surface area (Å²) in [6, 6.07) is 9.91. The summed E-state index contributed by atoms with van der Waals surface area (Å²) in [4.78, 5) is 11.2. The Kier molecular flexibility index (Phi) is 5.88.